The number of amides is 1. The molecule has 6 nitrogen and oxygen atoms in total. The Bertz CT molecular complexity index is 932. The van der Waals surface area contributed by atoms with Crippen molar-refractivity contribution < 1.29 is 14.3 Å². The molecule has 1 aromatic heterocycles. The lowest BCUT2D eigenvalue weighted by molar-refractivity contribution is 0.0950. The Balaban J connectivity index is 1.57. The number of carbonyl (C=O) groups is 1. The van der Waals surface area contributed by atoms with Gasteiger partial charge < -0.3 is 14.8 Å². The van der Waals surface area contributed by atoms with Crippen molar-refractivity contribution in [3.63, 3.8) is 0 Å². The summed E-state index contributed by atoms with van der Waals surface area (Å²) in [4.78, 5) is 12.5. The van der Waals surface area contributed by atoms with Gasteiger partial charge in [0.25, 0.3) is 5.91 Å². The van der Waals surface area contributed by atoms with Crippen LogP contribution in [0.1, 0.15) is 34.1 Å². The first-order valence-corrected chi connectivity index (χ1v) is 9.27. The first-order chi connectivity index (χ1) is 13.6. The molecular formula is C22H25N3O3. The van der Waals surface area contributed by atoms with Crippen molar-refractivity contribution in [3.8, 4) is 11.5 Å². The van der Waals surface area contributed by atoms with Crippen LogP contribution in [0.15, 0.2) is 54.7 Å². The van der Waals surface area contributed by atoms with Crippen LogP contribution in [-0.2, 0) is 20.2 Å². The highest BCUT2D eigenvalue weighted by Crippen LogP contribution is 2.19. The van der Waals surface area contributed by atoms with Crippen LogP contribution in [0, 0.1) is 6.92 Å². The van der Waals surface area contributed by atoms with E-state index in [-0.39, 0.29) is 5.91 Å². The largest absolute Gasteiger partial charge is 0.494 e. The second-order valence-corrected chi connectivity index (χ2v) is 6.45. The van der Waals surface area contributed by atoms with Gasteiger partial charge in [-0.1, -0.05) is 12.1 Å². The van der Waals surface area contributed by atoms with Crippen LogP contribution in [0.25, 0.3) is 0 Å². The Morgan fingerprint density at radius 1 is 1.11 bits per heavy atom. The number of ether oxygens (including phenoxy) is 2. The molecule has 0 atom stereocenters. The molecule has 2 aromatic carbocycles. The van der Waals surface area contributed by atoms with Gasteiger partial charge in [0.05, 0.1) is 12.8 Å². The quantitative estimate of drug-likeness (QED) is 0.649. The van der Waals surface area contributed by atoms with E-state index in [1.54, 1.807) is 16.9 Å². The summed E-state index contributed by atoms with van der Waals surface area (Å²) in [6, 6.07) is 14.9. The monoisotopic (exact) mass is 379 g/mol. The molecule has 1 N–H and O–H groups in total. The third kappa shape index (κ3) is 4.91. The molecule has 0 unspecified atom stereocenters. The average molecular weight is 379 g/mol. The number of nitrogens with zero attached hydrogens (tertiary/aromatic N) is 2. The number of benzene rings is 2. The highest BCUT2D eigenvalue weighted by Gasteiger charge is 2.09. The molecule has 3 aromatic rings. The van der Waals surface area contributed by atoms with Crippen molar-refractivity contribution in [1.82, 2.24) is 15.1 Å². The highest BCUT2D eigenvalue weighted by atomic mass is 16.5. The molecule has 0 aliphatic carbocycles. The van der Waals surface area contributed by atoms with E-state index >= 15 is 0 Å². The van der Waals surface area contributed by atoms with E-state index in [4.69, 9.17) is 9.47 Å². The average Bonchev–Trinajstić information content (AvgIpc) is 3.04. The number of aromatic nitrogens is 2. The molecule has 0 fully saturated rings. The van der Waals surface area contributed by atoms with E-state index < -0.39 is 0 Å². The number of hydrogen-bond donors (Lipinski definition) is 1. The first-order valence-electron chi connectivity index (χ1n) is 9.27. The molecule has 146 valence electrons. The van der Waals surface area contributed by atoms with Crippen LogP contribution >= 0.6 is 0 Å². The minimum Gasteiger partial charge on any atom is -0.494 e. The molecule has 0 spiro atoms. The van der Waals surface area contributed by atoms with Gasteiger partial charge in [-0.15, -0.1) is 0 Å². The Kier molecular flexibility index (Phi) is 6.32. The predicted octanol–water partition coefficient (Wildman–Crippen LogP) is 3.64. The molecule has 28 heavy (non-hydrogen) atoms. The minimum atomic E-state index is -0.119. The zero-order chi connectivity index (χ0) is 19.9. The lowest BCUT2D eigenvalue weighted by atomic mass is 10.1. The van der Waals surface area contributed by atoms with Gasteiger partial charge in [0, 0.05) is 30.4 Å². The molecule has 1 heterocycles. The van der Waals surface area contributed by atoms with Gasteiger partial charge in [-0.3, -0.25) is 9.48 Å². The van der Waals surface area contributed by atoms with Crippen molar-refractivity contribution in [1.29, 1.82) is 0 Å². The number of carbonyl (C=O) groups excluding carboxylic acids is 1. The van der Waals surface area contributed by atoms with Gasteiger partial charge in [0.1, 0.15) is 18.1 Å². The third-order valence-corrected chi connectivity index (χ3v) is 4.51. The van der Waals surface area contributed by atoms with E-state index in [1.807, 2.05) is 63.4 Å². The molecule has 0 saturated carbocycles. The van der Waals surface area contributed by atoms with E-state index in [1.165, 1.54) is 0 Å². The van der Waals surface area contributed by atoms with Crippen LogP contribution in [0.2, 0.25) is 0 Å². The lowest BCUT2D eigenvalue weighted by Gasteiger charge is -2.09. The fraction of sp³-hybridized carbons (Fsp3) is 0.273. The van der Waals surface area contributed by atoms with Gasteiger partial charge in [-0.2, -0.15) is 5.10 Å². The van der Waals surface area contributed by atoms with Crippen LogP contribution in [0.3, 0.4) is 0 Å². The Labute approximate surface area is 165 Å². The molecule has 0 bridgehead atoms. The Morgan fingerprint density at radius 2 is 1.82 bits per heavy atom. The normalized spacial score (nSPS) is 10.5. The summed E-state index contributed by atoms with van der Waals surface area (Å²) >= 11 is 0. The second kappa shape index (κ2) is 9.08. The van der Waals surface area contributed by atoms with Crippen molar-refractivity contribution in [2.45, 2.75) is 27.0 Å². The molecular weight excluding hydrogens is 354 g/mol. The van der Waals surface area contributed by atoms with E-state index in [9.17, 15) is 4.79 Å². The lowest BCUT2D eigenvalue weighted by Crippen LogP contribution is -2.23. The van der Waals surface area contributed by atoms with Crippen molar-refractivity contribution >= 4 is 5.91 Å². The second-order valence-electron chi connectivity index (χ2n) is 6.45. The maximum absolute atomic E-state index is 12.5. The van der Waals surface area contributed by atoms with Gasteiger partial charge in [0.15, 0.2) is 0 Å². The molecule has 1 amide bonds. The highest BCUT2D eigenvalue weighted by molar-refractivity contribution is 5.94. The fourth-order valence-electron chi connectivity index (χ4n) is 2.76. The van der Waals surface area contributed by atoms with Crippen molar-refractivity contribution in [3.05, 3.63) is 77.1 Å². The predicted molar refractivity (Wildman–Crippen MR) is 108 cm³/mol. The van der Waals surface area contributed by atoms with E-state index in [0.29, 0.717) is 25.3 Å². The number of hydrogen-bond acceptors (Lipinski definition) is 4. The number of rotatable bonds is 8. The van der Waals surface area contributed by atoms with E-state index in [2.05, 4.69) is 10.4 Å². The smallest absolute Gasteiger partial charge is 0.251 e. The third-order valence-electron chi connectivity index (χ3n) is 4.51. The number of nitrogens with one attached hydrogen (secondary N) is 1. The Hall–Kier alpha value is -3.28. The minimum absolute atomic E-state index is 0.119. The first kappa shape index (κ1) is 19.5. The molecule has 0 saturated heterocycles. The fourth-order valence-corrected chi connectivity index (χ4v) is 2.76. The molecule has 0 aliphatic heterocycles. The SMILES string of the molecule is CCOc1ccc(OCc2cccc(C(=O)NCc3cnn(C)c3C)c2)cc1. The number of aryl methyl sites for hydroxylation is 1. The summed E-state index contributed by atoms with van der Waals surface area (Å²) in [7, 11) is 1.88. The van der Waals surface area contributed by atoms with Crippen molar-refractivity contribution in [2.24, 2.45) is 7.05 Å². The molecule has 3 rings (SSSR count). The van der Waals surface area contributed by atoms with Crippen LogP contribution in [0.5, 0.6) is 11.5 Å². The van der Waals surface area contributed by atoms with Gasteiger partial charge in [-0.25, -0.2) is 0 Å². The summed E-state index contributed by atoms with van der Waals surface area (Å²) in [5.41, 5.74) is 3.58. The van der Waals surface area contributed by atoms with Gasteiger partial charge in [-0.05, 0) is 55.8 Å². The van der Waals surface area contributed by atoms with Gasteiger partial charge in [0.2, 0.25) is 0 Å². The zero-order valence-corrected chi connectivity index (χ0v) is 16.4. The molecule has 6 heteroatoms. The molecule has 0 radical (unpaired) electrons. The summed E-state index contributed by atoms with van der Waals surface area (Å²) < 4.78 is 13.0. The summed E-state index contributed by atoms with van der Waals surface area (Å²) in [5, 5.41) is 7.13. The summed E-state index contributed by atoms with van der Waals surface area (Å²) in [5.74, 6) is 1.45. The zero-order valence-electron chi connectivity index (χ0n) is 16.4. The maximum atomic E-state index is 12.5. The van der Waals surface area contributed by atoms with Crippen molar-refractivity contribution in [2.75, 3.05) is 6.61 Å². The summed E-state index contributed by atoms with van der Waals surface area (Å²) in [6.07, 6.45) is 1.77. The maximum Gasteiger partial charge on any atom is 0.251 e. The standard InChI is InChI=1S/C22H25N3O3/c1-4-27-20-8-10-21(11-9-20)28-15-17-6-5-7-18(12-17)22(26)23-13-19-14-24-25(3)16(19)2/h5-12,14H,4,13,15H2,1-3H3,(H,23,26). The summed E-state index contributed by atoms with van der Waals surface area (Å²) in [6.45, 7) is 5.40. The van der Waals surface area contributed by atoms with Gasteiger partial charge >= 0.3 is 0 Å². The van der Waals surface area contributed by atoms with Crippen LogP contribution < -0.4 is 14.8 Å². The van der Waals surface area contributed by atoms with Crippen LogP contribution in [0.4, 0.5) is 0 Å². The Morgan fingerprint density at radius 3 is 2.46 bits per heavy atom. The topological polar surface area (TPSA) is 65.4 Å². The molecule has 0 aliphatic rings. The van der Waals surface area contributed by atoms with E-state index in [0.717, 1.165) is 28.3 Å². The van der Waals surface area contributed by atoms with Crippen LogP contribution in [-0.4, -0.2) is 22.3 Å².